The Kier molecular flexibility index (Phi) is 6.20. The van der Waals surface area contributed by atoms with E-state index in [9.17, 15) is 18.0 Å². The summed E-state index contributed by atoms with van der Waals surface area (Å²) in [5.41, 5.74) is 2.03. The van der Waals surface area contributed by atoms with Crippen LogP contribution in [0.1, 0.15) is 23.6 Å². The lowest BCUT2D eigenvalue weighted by atomic mass is 10.1. The number of rotatable bonds is 6. The Bertz CT molecular complexity index is 694. The maximum absolute atomic E-state index is 12.5. The lowest BCUT2D eigenvalue weighted by Crippen LogP contribution is -3.08. The van der Waals surface area contributed by atoms with Crippen molar-refractivity contribution in [2.45, 2.75) is 26.1 Å². The standard InChI is InChI=1S/C19H21F3N2O/c1-3-14-4-6-15(7-5-14)12-24(2)13-18(25)23-17-10-8-16(9-11-17)19(20,21)22/h4-11H,3,12-13H2,1-2H3,(H,23,25)/p+1. The van der Waals surface area contributed by atoms with Crippen molar-refractivity contribution in [3.8, 4) is 0 Å². The van der Waals surface area contributed by atoms with Crippen LogP contribution in [0.3, 0.4) is 0 Å². The molecule has 0 fully saturated rings. The molecule has 0 saturated carbocycles. The van der Waals surface area contributed by atoms with E-state index in [1.54, 1.807) is 0 Å². The van der Waals surface area contributed by atoms with E-state index in [2.05, 4.69) is 36.5 Å². The Morgan fingerprint density at radius 1 is 1.00 bits per heavy atom. The van der Waals surface area contributed by atoms with Crippen molar-refractivity contribution >= 4 is 11.6 Å². The van der Waals surface area contributed by atoms with Gasteiger partial charge in [0.25, 0.3) is 5.91 Å². The van der Waals surface area contributed by atoms with E-state index in [0.29, 0.717) is 12.2 Å². The molecule has 25 heavy (non-hydrogen) atoms. The van der Waals surface area contributed by atoms with Crippen LogP contribution in [0.2, 0.25) is 0 Å². The number of hydrogen-bond donors (Lipinski definition) is 2. The number of likely N-dealkylation sites (N-methyl/N-ethyl adjacent to an activating group) is 1. The quantitative estimate of drug-likeness (QED) is 0.824. The van der Waals surface area contributed by atoms with Gasteiger partial charge in [-0.05, 0) is 36.2 Å². The zero-order valence-corrected chi connectivity index (χ0v) is 14.3. The largest absolute Gasteiger partial charge is 0.416 e. The third kappa shape index (κ3) is 5.90. The van der Waals surface area contributed by atoms with Crippen molar-refractivity contribution in [2.24, 2.45) is 0 Å². The predicted molar refractivity (Wildman–Crippen MR) is 91.4 cm³/mol. The molecule has 0 heterocycles. The van der Waals surface area contributed by atoms with Crippen LogP contribution in [-0.4, -0.2) is 19.5 Å². The number of carbonyl (C=O) groups is 1. The Morgan fingerprint density at radius 3 is 2.08 bits per heavy atom. The van der Waals surface area contributed by atoms with Crippen LogP contribution in [0.25, 0.3) is 0 Å². The minimum Gasteiger partial charge on any atom is -0.326 e. The smallest absolute Gasteiger partial charge is 0.326 e. The highest BCUT2D eigenvalue weighted by atomic mass is 19.4. The minimum absolute atomic E-state index is 0.233. The van der Waals surface area contributed by atoms with Crippen molar-refractivity contribution in [2.75, 3.05) is 18.9 Å². The molecule has 2 N–H and O–H groups in total. The molecular formula is C19H22F3N2O+. The number of nitrogens with one attached hydrogen (secondary N) is 2. The number of amides is 1. The van der Waals surface area contributed by atoms with Crippen molar-refractivity contribution in [3.63, 3.8) is 0 Å². The van der Waals surface area contributed by atoms with Crippen LogP contribution in [0, 0.1) is 0 Å². The van der Waals surface area contributed by atoms with Crippen LogP contribution < -0.4 is 10.2 Å². The fourth-order valence-corrected chi connectivity index (χ4v) is 2.53. The number of carbonyl (C=O) groups excluding carboxylic acids is 1. The number of aryl methyl sites for hydroxylation is 1. The number of quaternary nitrogens is 1. The summed E-state index contributed by atoms with van der Waals surface area (Å²) in [6, 6.07) is 12.7. The highest BCUT2D eigenvalue weighted by Crippen LogP contribution is 2.29. The third-order valence-electron chi connectivity index (χ3n) is 3.90. The first-order chi connectivity index (χ1) is 11.8. The first-order valence-corrected chi connectivity index (χ1v) is 8.14. The number of hydrogen-bond acceptors (Lipinski definition) is 1. The molecule has 2 aromatic rings. The summed E-state index contributed by atoms with van der Waals surface area (Å²) in [5.74, 6) is -0.234. The molecular weight excluding hydrogens is 329 g/mol. The second-order valence-electron chi connectivity index (χ2n) is 6.10. The molecule has 0 aromatic heterocycles. The summed E-state index contributed by atoms with van der Waals surface area (Å²) in [4.78, 5) is 13.0. The zero-order chi connectivity index (χ0) is 18.4. The molecule has 6 heteroatoms. The van der Waals surface area contributed by atoms with Crippen LogP contribution in [0.4, 0.5) is 18.9 Å². The molecule has 0 saturated heterocycles. The number of benzene rings is 2. The Balaban J connectivity index is 1.86. The summed E-state index contributed by atoms with van der Waals surface area (Å²) in [6.07, 6.45) is -3.39. The van der Waals surface area contributed by atoms with Crippen LogP contribution in [0.15, 0.2) is 48.5 Å². The maximum Gasteiger partial charge on any atom is 0.416 e. The lowest BCUT2D eigenvalue weighted by Gasteiger charge is -2.14. The van der Waals surface area contributed by atoms with E-state index in [1.807, 2.05) is 7.05 Å². The van der Waals surface area contributed by atoms with Gasteiger partial charge in [-0.15, -0.1) is 0 Å². The number of halogens is 3. The lowest BCUT2D eigenvalue weighted by molar-refractivity contribution is -0.885. The van der Waals surface area contributed by atoms with Crippen molar-refractivity contribution in [1.82, 2.24) is 0 Å². The molecule has 0 aliphatic heterocycles. The van der Waals surface area contributed by atoms with Gasteiger partial charge in [-0.3, -0.25) is 4.79 Å². The van der Waals surface area contributed by atoms with E-state index in [1.165, 1.54) is 17.7 Å². The molecule has 134 valence electrons. The van der Waals surface area contributed by atoms with Crippen LogP contribution in [0.5, 0.6) is 0 Å². The molecule has 1 unspecified atom stereocenters. The van der Waals surface area contributed by atoms with Crippen LogP contribution >= 0.6 is 0 Å². The molecule has 0 spiro atoms. The van der Waals surface area contributed by atoms with Gasteiger partial charge in [0, 0.05) is 11.3 Å². The Hall–Kier alpha value is -2.34. The fourth-order valence-electron chi connectivity index (χ4n) is 2.53. The monoisotopic (exact) mass is 351 g/mol. The van der Waals surface area contributed by atoms with E-state index in [4.69, 9.17) is 0 Å². The van der Waals surface area contributed by atoms with Crippen molar-refractivity contribution < 1.29 is 22.9 Å². The number of alkyl halides is 3. The summed E-state index contributed by atoms with van der Waals surface area (Å²) in [5, 5.41) is 2.63. The molecule has 0 aliphatic rings. The maximum atomic E-state index is 12.5. The van der Waals surface area contributed by atoms with Gasteiger partial charge in [0.05, 0.1) is 12.6 Å². The topological polar surface area (TPSA) is 33.5 Å². The summed E-state index contributed by atoms with van der Waals surface area (Å²) in [7, 11) is 1.90. The average Bonchev–Trinajstić information content (AvgIpc) is 2.55. The van der Waals surface area contributed by atoms with Gasteiger partial charge in [-0.2, -0.15) is 13.2 Å². The molecule has 0 aliphatic carbocycles. The molecule has 0 radical (unpaired) electrons. The molecule has 2 aromatic carbocycles. The minimum atomic E-state index is -4.37. The van der Waals surface area contributed by atoms with Gasteiger partial charge < -0.3 is 10.2 Å². The fraction of sp³-hybridized carbons (Fsp3) is 0.316. The highest BCUT2D eigenvalue weighted by Gasteiger charge is 2.30. The van der Waals surface area contributed by atoms with Crippen molar-refractivity contribution in [3.05, 3.63) is 65.2 Å². The second kappa shape index (κ2) is 8.16. The first kappa shape index (κ1) is 19.0. The highest BCUT2D eigenvalue weighted by molar-refractivity contribution is 5.91. The normalized spacial score (nSPS) is 12.7. The Morgan fingerprint density at radius 2 is 1.56 bits per heavy atom. The average molecular weight is 351 g/mol. The van der Waals surface area contributed by atoms with E-state index < -0.39 is 11.7 Å². The van der Waals surface area contributed by atoms with E-state index in [-0.39, 0.29) is 12.5 Å². The van der Waals surface area contributed by atoms with Gasteiger partial charge in [0.15, 0.2) is 6.54 Å². The summed E-state index contributed by atoms with van der Waals surface area (Å²) >= 11 is 0. The summed E-state index contributed by atoms with van der Waals surface area (Å²) < 4.78 is 37.6. The van der Waals surface area contributed by atoms with Gasteiger partial charge in [-0.1, -0.05) is 31.2 Å². The van der Waals surface area contributed by atoms with E-state index >= 15 is 0 Å². The second-order valence-corrected chi connectivity index (χ2v) is 6.10. The van der Waals surface area contributed by atoms with Crippen LogP contribution in [-0.2, 0) is 23.9 Å². The zero-order valence-electron chi connectivity index (χ0n) is 14.3. The van der Waals surface area contributed by atoms with Gasteiger partial charge in [0.2, 0.25) is 0 Å². The number of anilines is 1. The van der Waals surface area contributed by atoms with Gasteiger partial charge in [0.1, 0.15) is 6.54 Å². The third-order valence-corrected chi connectivity index (χ3v) is 3.90. The van der Waals surface area contributed by atoms with Gasteiger partial charge >= 0.3 is 6.18 Å². The van der Waals surface area contributed by atoms with Gasteiger partial charge in [-0.25, -0.2) is 0 Å². The molecule has 3 nitrogen and oxygen atoms in total. The summed E-state index contributed by atoms with van der Waals surface area (Å²) in [6.45, 7) is 3.03. The predicted octanol–water partition coefficient (Wildman–Crippen LogP) is 2.92. The van der Waals surface area contributed by atoms with Crippen molar-refractivity contribution in [1.29, 1.82) is 0 Å². The Labute approximate surface area is 145 Å². The molecule has 2 rings (SSSR count). The molecule has 1 amide bonds. The SMILES string of the molecule is CCc1ccc(C[NH+](C)CC(=O)Nc2ccc(C(F)(F)F)cc2)cc1. The first-order valence-electron chi connectivity index (χ1n) is 8.14. The molecule has 0 bridgehead atoms. The molecule has 1 atom stereocenters. The van der Waals surface area contributed by atoms with E-state index in [0.717, 1.165) is 29.0 Å².